The van der Waals surface area contributed by atoms with Gasteiger partial charge in [-0.1, -0.05) is 12.2 Å². The van der Waals surface area contributed by atoms with Crippen LogP contribution in [-0.2, 0) is 16.1 Å². The summed E-state index contributed by atoms with van der Waals surface area (Å²) in [6, 6.07) is 1.60. The standard InChI is InChI=1S/C12H17N3O3/c1-10(2)9-18-7-5-13-11(16)8-15-6-3-4-14-12(15)17/h3-4,6H,1,5,7-9H2,2H3,(H,13,16). The van der Waals surface area contributed by atoms with E-state index >= 15 is 0 Å². The fourth-order valence-electron chi connectivity index (χ4n) is 1.23. The highest BCUT2D eigenvalue weighted by Gasteiger charge is 2.03. The number of hydrogen-bond donors (Lipinski definition) is 1. The number of nitrogens with zero attached hydrogens (tertiary/aromatic N) is 2. The second-order valence-corrected chi connectivity index (χ2v) is 3.89. The molecule has 0 fully saturated rings. The van der Waals surface area contributed by atoms with Gasteiger partial charge in [0.1, 0.15) is 6.54 Å². The van der Waals surface area contributed by atoms with Crippen LogP contribution in [0.5, 0.6) is 0 Å². The van der Waals surface area contributed by atoms with Crippen molar-refractivity contribution in [3.05, 3.63) is 41.1 Å². The lowest BCUT2D eigenvalue weighted by Gasteiger charge is -2.07. The van der Waals surface area contributed by atoms with Crippen molar-refractivity contribution in [3.63, 3.8) is 0 Å². The predicted octanol–water partition coefficient (Wildman–Crippen LogP) is -0.0478. The summed E-state index contributed by atoms with van der Waals surface area (Å²) in [5, 5.41) is 2.65. The molecule has 1 heterocycles. The van der Waals surface area contributed by atoms with Crippen molar-refractivity contribution in [1.82, 2.24) is 14.9 Å². The molecule has 0 unspecified atom stereocenters. The molecule has 1 N–H and O–H groups in total. The van der Waals surface area contributed by atoms with E-state index in [1.54, 1.807) is 6.07 Å². The first kappa shape index (κ1) is 14.1. The van der Waals surface area contributed by atoms with Gasteiger partial charge in [-0.05, 0) is 13.0 Å². The lowest BCUT2D eigenvalue weighted by atomic mass is 10.4. The molecule has 0 aliphatic rings. The zero-order chi connectivity index (χ0) is 13.4. The first-order valence-corrected chi connectivity index (χ1v) is 5.60. The number of amides is 1. The summed E-state index contributed by atoms with van der Waals surface area (Å²) in [6.45, 7) is 6.84. The SMILES string of the molecule is C=C(C)COCCNC(=O)Cn1cccnc1=O. The second-order valence-electron chi connectivity index (χ2n) is 3.89. The highest BCUT2D eigenvalue weighted by Crippen LogP contribution is 1.87. The van der Waals surface area contributed by atoms with E-state index in [0.717, 1.165) is 5.57 Å². The Kier molecular flexibility index (Phi) is 5.79. The average molecular weight is 251 g/mol. The van der Waals surface area contributed by atoms with Crippen LogP contribution >= 0.6 is 0 Å². The number of ether oxygens (including phenoxy) is 1. The predicted molar refractivity (Wildman–Crippen MR) is 67.1 cm³/mol. The van der Waals surface area contributed by atoms with Crippen molar-refractivity contribution < 1.29 is 9.53 Å². The number of hydrogen-bond acceptors (Lipinski definition) is 4. The van der Waals surface area contributed by atoms with E-state index in [4.69, 9.17) is 4.74 Å². The Morgan fingerprint density at radius 1 is 1.61 bits per heavy atom. The van der Waals surface area contributed by atoms with Crippen molar-refractivity contribution >= 4 is 5.91 Å². The van der Waals surface area contributed by atoms with Crippen molar-refractivity contribution in [2.75, 3.05) is 19.8 Å². The van der Waals surface area contributed by atoms with E-state index in [-0.39, 0.29) is 12.5 Å². The molecule has 0 saturated carbocycles. The van der Waals surface area contributed by atoms with E-state index in [0.29, 0.717) is 19.8 Å². The molecule has 1 amide bonds. The summed E-state index contributed by atoms with van der Waals surface area (Å²) in [7, 11) is 0. The summed E-state index contributed by atoms with van der Waals surface area (Å²) in [4.78, 5) is 26.3. The monoisotopic (exact) mass is 251 g/mol. The number of carbonyl (C=O) groups is 1. The van der Waals surface area contributed by atoms with Gasteiger partial charge in [0.2, 0.25) is 5.91 Å². The number of rotatable bonds is 7. The minimum absolute atomic E-state index is 0.0346. The average Bonchev–Trinajstić information content (AvgIpc) is 2.31. The summed E-state index contributed by atoms with van der Waals surface area (Å²) < 4.78 is 6.46. The van der Waals surface area contributed by atoms with Gasteiger partial charge in [0, 0.05) is 18.9 Å². The Balaban J connectivity index is 2.24. The van der Waals surface area contributed by atoms with Gasteiger partial charge >= 0.3 is 5.69 Å². The van der Waals surface area contributed by atoms with Gasteiger partial charge < -0.3 is 10.1 Å². The van der Waals surface area contributed by atoms with Crippen LogP contribution in [0.3, 0.4) is 0 Å². The van der Waals surface area contributed by atoms with E-state index in [1.807, 2.05) is 6.92 Å². The van der Waals surface area contributed by atoms with Crippen LogP contribution in [-0.4, -0.2) is 35.2 Å². The van der Waals surface area contributed by atoms with Gasteiger partial charge in [-0.3, -0.25) is 9.36 Å². The second kappa shape index (κ2) is 7.39. The molecule has 0 aromatic carbocycles. The zero-order valence-corrected chi connectivity index (χ0v) is 10.4. The van der Waals surface area contributed by atoms with E-state index in [9.17, 15) is 9.59 Å². The summed E-state index contributed by atoms with van der Waals surface area (Å²) >= 11 is 0. The Bertz CT molecular complexity index is 468. The van der Waals surface area contributed by atoms with Crippen LogP contribution in [0.2, 0.25) is 0 Å². The van der Waals surface area contributed by atoms with E-state index < -0.39 is 5.69 Å². The van der Waals surface area contributed by atoms with Gasteiger partial charge in [-0.2, -0.15) is 0 Å². The van der Waals surface area contributed by atoms with E-state index in [1.165, 1.54) is 17.0 Å². The van der Waals surface area contributed by atoms with Crippen LogP contribution in [0.1, 0.15) is 6.92 Å². The van der Waals surface area contributed by atoms with Gasteiger partial charge in [-0.25, -0.2) is 9.78 Å². The third-order valence-electron chi connectivity index (χ3n) is 2.01. The normalized spacial score (nSPS) is 10.1. The van der Waals surface area contributed by atoms with Crippen LogP contribution in [0.25, 0.3) is 0 Å². The van der Waals surface area contributed by atoms with Gasteiger partial charge in [0.25, 0.3) is 0 Å². The number of carbonyl (C=O) groups excluding carboxylic acids is 1. The molecule has 6 heteroatoms. The van der Waals surface area contributed by atoms with Gasteiger partial charge in [-0.15, -0.1) is 0 Å². The van der Waals surface area contributed by atoms with Crippen molar-refractivity contribution in [2.45, 2.75) is 13.5 Å². The molecule has 0 saturated heterocycles. The lowest BCUT2D eigenvalue weighted by Crippen LogP contribution is -2.34. The van der Waals surface area contributed by atoms with Gasteiger partial charge in [0.15, 0.2) is 0 Å². The maximum Gasteiger partial charge on any atom is 0.347 e. The minimum atomic E-state index is -0.439. The molecule has 0 bridgehead atoms. The smallest absolute Gasteiger partial charge is 0.347 e. The molecule has 0 radical (unpaired) electrons. The molecule has 6 nitrogen and oxygen atoms in total. The first-order valence-electron chi connectivity index (χ1n) is 5.60. The molecule has 1 aromatic rings. The Hall–Kier alpha value is -1.95. The van der Waals surface area contributed by atoms with Crippen LogP contribution < -0.4 is 11.0 Å². The molecule has 98 valence electrons. The van der Waals surface area contributed by atoms with Crippen LogP contribution in [0, 0.1) is 0 Å². The molecule has 18 heavy (non-hydrogen) atoms. The third-order valence-corrected chi connectivity index (χ3v) is 2.01. The molecule has 0 aliphatic carbocycles. The van der Waals surface area contributed by atoms with Crippen molar-refractivity contribution in [1.29, 1.82) is 0 Å². The Morgan fingerprint density at radius 2 is 2.39 bits per heavy atom. The maximum atomic E-state index is 11.5. The fourth-order valence-corrected chi connectivity index (χ4v) is 1.23. The van der Waals surface area contributed by atoms with Crippen molar-refractivity contribution in [3.8, 4) is 0 Å². The minimum Gasteiger partial charge on any atom is -0.375 e. The zero-order valence-electron chi connectivity index (χ0n) is 10.4. The number of aromatic nitrogens is 2. The highest BCUT2D eigenvalue weighted by atomic mass is 16.5. The molecular formula is C12H17N3O3. The fraction of sp³-hybridized carbons (Fsp3) is 0.417. The molecule has 0 atom stereocenters. The number of nitrogens with one attached hydrogen (secondary N) is 1. The maximum absolute atomic E-state index is 11.5. The van der Waals surface area contributed by atoms with Crippen LogP contribution in [0.4, 0.5) is 0 Å². The molecular weight excluding hydrogens is 234 g/mol. The molecule has 0 aliphatic heterocycles. The Morgan fingerprint density at radius 3 is 3.06 bits per heavy atom. The third kappa shape index (κ3) is 5.40. The summed E-state index contributed by atoms with van der Waals surface area (Å²) in [5.41, 5.74) is 0.495. The topological polar surface area (TPSA) is 73.2 Å². The van der Waals surface area contributed by atoms with E-state index in [2.05, 4.69) is 16.9 Å². The molecule has 1 rings (SSSR count). The van der Waals surface area contributed by atoms with Gasteiger partial charge in [0.05, 0.1) is 13.2 Å². The quantitative estimate of drug-likeness (QED) is 0.545. The molecule has 0 spiro atoms. The summed E-state index contributed by atoms with van der Waals surface area (Å²) in [5.74, 6) is -0.246. The van der Waals surface area contributed by atoms with Crippen LogP contribution in [0.15, 0.2) is 35.4 Å². The Labute approximate surface area is 105 Å². The highest BCUT2D eigenvalue weighted by molar-refractivity contribution is 5.75. The largest absolute Gasteiger partial charge is 0.375 e. The lowest BCUT2D eigenvalue weighted by molar-refractivity contribution is -0.121. The summed E-state index contributed by atoms with van der Waals surface area (Å²) in [6.07, 6.45) is 2.91. The first-order chi connectivity index (χ1) is 8.59. The van der Waals surface area contributed by atoms with Crippen molar-refractivity contribution in [2.24, 2.45) is 0 Å². The molecule has 1 aromatic heterocycles.